The van der Waals surface area contributed by atoms with Gasteiger partial charge >= 0.3 is 5.97 Å². The maximum absolute atomic E-state index is 11.4. The molecule has 0 unspecified atom stereocenters. The quantitative estimate of drug-likeness (QED) is 0.442. The lowest BCUT2D eigenvalue weighted by atomic mass is 10.1. The van der Waals surface area contributed by atoms with E-state index >= 15 is 0 Å². The van der Waals surface area contributed by atoms with Crippen LogP contribution < -0.4 is 0 Å². The first kappa shape index (κ1) is 13.1. The monoisotopic (exact) mass is 255 g/mol. The van der Waals surface area contributed by atoms with Crippen LogP contribution in [0.5, 0.6) is 0 Å². The molecule has 0 spiro atoms. The Bertz CT molecular complexity index is 572. The Morgan fingerprint density at radius 1 is 1.47 bits per heavy atom. The number of esters is 1. The number of methoxy groups -OCH3 is 1. The molecule has 0 fully saturated rings. The van der Waals surface area contributed by atoms with Crippen molar-refractivity contribution < 1.29 is 22.7 Å². The summed E-state index contributed by atoms with van der Waals surface area (Å²) in [5.41, 5.74) is 0.457. The number of hydrogen-bond acceptors (Lipinski definition) is 5. The van der Waals surface area contributed by atoms with Gasteiger partial charge in [0, 0.05) is 0 Å². The van der Waals surface area contributed by atoms with E-state index in [9.17, 15) is 18.0 Å². The smallest absolute Gasteiger partial charge is 0.309 e. The van der Waals surface area contributed by atoms with Crippen molar-refractivity contribution in [2.45, 2.75) is 11.3 Å². The van der Waals surface area contributed by atoms with E-state index in [0.717, 1.165) is 6.08 Å². The highest BCUT2D eigenvalue weighted by Crippen LogP contribution is 2.14. The first-order valence-electron chi connectivity index (χ1n) is 4.49. The van der Waals surface area contributed by atoms with Gasteiger partial charge in [0.1, 0.15) is 0 Å². The van der Waals surface area contributed by atoms with Gasteiger partial charge in [-0.1, -0.05) is 16.5 Å². The molecule has 0 N–H and O–H groups in total. The van der Waals surface area contributed by atoms with Gasteiger partial charge in [0.05, 0.1) is 18.4 Å². The number of ether oxygens (including phenoxy) is 1. The molecule has 0 radical (unpaired) electrons. The minimum Gasteiger partial charge on any atom is -0.469 e. The number of isocyanates is 1. The van der Waals surface area contributed by atoms with Gasteiger partial charge in [-0.25, -0.2) is 4.79 Å². The second-order valence-electron chi connectivity index (χ2n) is 3.06. The Kier molecular flexibility index (Phi) is 4.14. The largest absolute Gasteiger partial charge is 0.469 e. The SMILES string of the molecule is COC(=O)Cc1cccc(S(=O)(=O)N=C=O)c1. The van der Waals surface area contributed by atoms with Crippen molar-refractivity contribution in [2.24, 2.45) is 4.40 Å². The molecular formula is C10H9NO5S. The molecule has 0 bridgehead atoms. The number of carbonyl (C=O) groups excluding carboxylic acids is 2. The summed E-state index contributed by atoms with van der Waals surface area (Å²) in [6, 6.07) is 5.55. The maximum Gasteiger partial charge on any atom is 0.309 e. The van der Waals surface area contributed by atoms with Crippen molar-refractivity contribution in [3.63, 3.8) is 0 Å². The molecule has 17 heavy (non-hydrogen) atoms. The van der Waals surface area contributed by atoms with E-state index in [4.69, 9.17) is 0 Å². The van der Waals surface area contributed by atoms with Crippen LogP contribution in [0.1, 0.15) is 5.56 Å². The number of rotatable bonds is 4. The predicted molar refractivity (Wildman–Crippen MR) is 57.5 cm³/mol. The van der Waals surface area contributed by atoms with Crippen molar-refractivity contribution >= 4 is 22.1 Å². The molecule has 0 atom stereocenters. The molecule has 6 nitrogen and oxygen atoms in total. The zero-order chi connectivity index (χ0) is 12.9. The van der Waals surface area contributed by atoms with Crippen LogP contribution in [0.4, 0.5) is 0 Å². The average molecular weight is 255 g/mol. The first-order valence-corrected chi connectivity index (χ1v) is 5.93. The second-order valence-corrected chi connectivity index (χ2v) is 4.66. The lowest BCUT2D eigenvalue weighted by molar-refractivity contribution is -0.139. The van der Waals surface area contributed by atoms with Crippen LogP contribution in [-0.4, -0.2) is 27.6 Å². The van der Waals surface area contributed by atoms with Gasteiger partial charge in [-0.3, -0.25) is 4.79 Å². The minimum atomic E-state index is -4.03. The van der Waals surface area contributed by atoms with Crippen LogP contribution in [0, 0.1) is 0 Å². The standard InChI is InChI=1S/C10H9NO5S/c1-16-10(13)6-8-3-2-4-9(5-8)17(14,15)11-7-12/h2-5H,6H2,1H3. The van der Waals surface area contributed by atoms with Gasteiger partial charge in [0.25, 0.3) is 16.1 Å². The highest BCUT2D eigenvalue weighted by molar-refractivity contribution is 7.90. The number of hydrogen-bond donors (Lipinski definition) is 0. The maximum atomic E-state index is 11.4. The normalized spacial score (nSPS) is 10.4. The molecule has 0 aliphatic rings. The first-order chi connectivity index (χ1) is 7.99. The van der Waals surface area contributed by atoms with Crippen molar-refractivity contribution in [1.82, 2.24) is 0 Å². The summed E-state index contributed by atoms with van der Waals surface area (Å²) in [4.78, 5) is 20.8. The highest BCUT2D eigenvalue weighted by atomic mass is 32.2. The molecule has 1 aromatic rings. The van der Waals surface area contributed by atoms with E-state index in [-0.39, 0.29) is 11.3 Å². The Hall–Kier alpha value is -1.98. The van der Waals surface area contributed by atoms with E-state index in [0.29, 0.717) is 5.56 Å². The molecule has 0 saturated carbocycles. The predicted octanol–water partition coefficient (Wildman–Crippen LogP) is 0.427. The Labute approximate surface area is 98.0 Å². The molecule has 0 aromatic heterocycles. The van der Waals surface area contributed by atoms with Crippen molar-refractivity contribution in [2.75, 3.05) is 7.11 Å². The number of carbonyl (C=O) groups is 1. The van der Waals surface area contributed by atoms with Gasteiger partial charge in [0.2, 0.25) is 0 Å². The molecule has 0 aliphatic carbocycles. The van der Waals surface area contributed by atoms with Crippen LogP contribution in [0.25, 0.3) is 0 Å². The fourth-order valence-corrected chi connectivity index (χ4v) is 1.91. The molecule has 90 valence electrons. The van der Waals surface area contributed by atoms with Gasteiger partial charge < -0.3 is 4.74 Å². The molecule has 0 amide bonds. The third kappa shape index (κ3) is 3.51. The minimum absolute atomic E-state index is 0.0509. The van der Waals surface area contributed by atoms with Crippen LogP contribution in [0.15, 0.2) is 33.6 Å². The zero-order valence-electron chi connectivity index (χ0n) is 8.91. The summed E-state index contributed by atoms with van der Waals surface area (Å²) in [7, 11) is -2.79. The second kappa shape index (κ2) is 5.38. The van der Waals surface area contributed by atoms with Crippen LogP contribution in [0.3, 0.4) is 0 Å². The van der Waals surface area contributed by atoms with Gasteiger partial charge in [-0.15, -0.1) is 0 Å². The molecule has 0 heterocycles. The molecule has 1 aromatic carbocycles. The third-order valence-electron chi connectivity index (χ3n) is 1.93. The van der Waals surface area contributed by atoms with E-state index in [1.807, 2.05) is 0 Å². The molecule has 0 saturated heterocycles. The molecule has 7 heteroatoms. The summed E-state index contributed by atoms with van der Waals surface area (Å²) in [6.45, 7) is 0. The lowest BCUT2D eigenvalue weighted by Crippen LogP contribution is -2.05. The van der Waals surface area contributed by atoms with Crippen LogP contribution in [-0.2, 0) is 30.8 Å². The van der Waals surface area contributed by atoms with Gasteiger partial charge in [-0.05, 0) is 17.7 Å². The van der Waals surface area contributed by atoms with Crippen molar-refractivity contribution in [3.8, 4) is 0 Å². The topological polar surface area (TPSA) is 89.9 Å². The highest BCUT2D eigenvalue weighted by Gasteiger charge is 2.13. The van der Waals surface area contributed by atoms with E-state index in [1.165, 1.54) is 25.3 Å². The molecule has 0 aliphatic heterocycles. The summed E-state index contributed by atoms with van der Waals surface area (Å²) < 4.78 is 30.0. The van der Waals surface area contributed by atoms with Crippen LogP contribution >= 0.6 is 0 Å². The van der Waals surface area contributed by atoms with Gasteiger partial charge in [-0.2, -0.15) is 8.42 Å². The Morgan fingerprint density at radius 3 is 2.76 bits per heavy atom. The Morgan fingerprint density at radius 2 is 2.18 bits per heavy atom. The Balaban J connectivity index is 3.10. The van der Waals surface area contributed by atoms with E-state index in [1.54, 1.807) is 6.07 Å². The number of benzene rings is 1. The van der Waals surface area contributed by atoms with E-state index < -0.39 is 16.0 Å². The van der Waals surface area contributed by atoms with E-state index in [2.05, 4.69) is 9.13 Å². The summed E-state index contributed by atoms with van der Waals surface area (Å²) in [5, 5.41) is 0. The molecule has 1 rings (SSSR count). The molecular weight excluding hydrogens is 246 g/mol. The fraction of sp³-hybridized carbons (Fsp3) is 0.200. The van der Waals surface area contributed by atoms with Gasteiger partial charge in [0.15, 0.2) is 0 Å². The number of nitrogens with zero attached hydrogens (tertiary/aromatic N) is 1. The fourth-order valence-electron chi connectivity index (χ4n) is 1.16. The average Bonchev–Trinajstić information content (AvgIpc) is 2.29. The summed E-state index contributed by atoms with van der Waals surface area (Å²) in [5.74, 6) is -0.488. The van der Waals surface area contributed by atoms with Crippen molar-refractivity contribution in [1.29, 1.82) is 0 Å². The lowest BCUT2D eigenvalue weighted by Gasteiger charge is -2.02. The summed E-state index contributed by atoms with van der Waals surface area (Å²) >= 11 is 0. The number of sulfonamides is 1. The third-order valence-corrected chi connectivity index (χ3v) is 3.09. The summed E-state index contributed by atoms with van der Waals surface area (Å²) in [6.07, 6.45) is 0.922. The zero-order valence-corrected chi connectivity index (χ0v) is 9.73. The van der Waals surface area contributed by atoms with Crippen LogP contribution in [0.2, 0.25) is 0 Å². The van der Waals surface area contributed by atoms with Crippen molar-refractivity contribution in [3.05, 3.63) is 29.8 Å².